The number of alkyl halides is 3. The lowest BCUT2D eigenvalue weighted by Crippen LogP contribution is -2.49. The van der Waals surface area contributed by atoms with Gasteiger partial charge in [0.15, 0.2) is 0 Å². The summed E-state index contributed by atoms with van der Waals surface area (Å²) in [7, 11) is 0. The number of nitrogens with one attached hydrogen (secondary N) is 1. The third-order valence-corrected chi connectivity index (χ3v) is 7.98. The minimum Gasteiger partial charge on any atom is -0.478 e. The van der Waals surface area contributed by atoms with Gasteiger partial charge in [-0.1, -0.05) is 24.1 Å². The molecule has 0 bridgehead atoms. The van der Waals surface area contributed by atoms with Crippen LogP contribution in [0.2, 0.25) is 5.02 Å². The molecule has 11 heteroatoms. The Morgan fingerprint density at radius 3 is 2.69 bits per heavy atom. The second kappa shape index (κ2) is 10.8. The van der Waals surface area contributed by atoms with Gasteiger partial charge < -0.3 is 20.1 Å². The number of thiophene rings is 1. The van der Waals surface area contributed by atoms with Gasteiger partial charge in [0.1, 0.15) is 0 Å². The van der Waals surface area contributed by atoms with E-state index in [4.69, 9.17) is 16.3 Å². The highest BCUT2D eigenvalue weighted by Crippen LogP contribution is 2.42. The van der Waals surface area contributed by atoms with Crippen LogP contribution in [-0.4, -0.2) is 49.5 Å². The van der Waals surface area contributed by atoms with Crippen LogP contribution < -0.4 is 10.2 Å². The van der Waals surface area contributed by atoms with Gasteiger partial charge in [-0.25, -0.2) is 4.79 Å². The fraction of sp³-hybridized carbons (Fsp3) is 0.400. The van der Waals surface area contributed by atoms with Crippen LogP contribution in [0.1, 0.15) is 35.2 Å². The standard InChI is InChI=1S/C25H24ClF3N2O3S.ClH/c26-21-9-17-19(13-35-23(17)10-20(21)25(27,28)29)14-4-5-22(18(8-14)24(32)33)31-6-7-34-16(12-31)11-30-15-2-1-3-15;/h4-5,8-10,13,15-16,30H,1-3,6-7,11-12H2,(H,32,33);1H/t16-;/m1./s1. The van der Waals surface area contributed by atoms with E-state index in [0.717, 1.165) is 12.6 Å². The second-order valence-electron chi connectivity index (χ2n) is 8.99. The number of morpholine rings is 1. The Balaban J connectivity index is 0.00000304. The minimum atomic E-state index is -4.54. The molecule has 1 aliphatic heterocycles. The Morgan fingerprint density at radius 2 is 2.03 bits per heavy atom. The number of carbonyl (C=O) groups is 1. The molecule has 1 atom stereocenters. The Morgan fingerprint density at radius 1 is 1.25 bits per heavy atom. The number of hydrogen-bond acceptors (Lipinski definition) is 5. The van der Waals surface area contributed by atoms with Gasteiger partial charge in [0, 0.05) is 41.3 Å². The van der Waals surface area contributed by atoms with Crippen molar-refractivity contribution in [3.05, 3.63) is 51.9 Å². The first-order valence-corrected chi connectivity index (χ1v) is 12.7. The molecule has 1 saturated heterocycles. The summed E-state index contributed by atoms with van der Waals surface area (Å²) in [6.45, 7) is 2.39. The van der Waals surface area contributed by atoms with Gasteiger partial charge in [-0.15, -0.1) is 23.7 Å². The monoisotopic (exact) mass is 560 g/mol. The van der Waals surface area contributed by atoms with E-state index < -0.39 is 17.7 Å². The van der Waals surface area contributed by atoms with Gasteiger partial charge in [0.2, 0.25) is 0 Å². The van der Waals surface area contributed by atoms with Crippen molar-refractivity contribution in [2.75, 3.05) is 31.1 Å². The van der Waals surface area contributed by atoms with E-state index in [1.807, 2.05) is 11.0 Å². The number of anilines is 1. The van der Waals surface area contributed by atoms with E-state index in [-0.39, 0.29) is 29.1 Å². The number of halogens is 5. The first-order valence-electron chi connectivity index (χ1n) is 11.5. The summed E-state index contributed by atoms with van der Waals surface area (Å²) in [6, 6.07) is 8.07. The molecular weight excluding hydrogens is 536 g/mol. The molecular formula is C25H25Cl2F3N2O3S. The van der Waals surface area contributed by atoms with E-state index in [9.17, 15) is 23.1 Å². The molecule has 2 N–H and O–H groups in total. The summed E-state index contributed by atoms with van der Waals surface area (Å²) >= 11 is 7.12. The summed E-state index contributed by atoms with van der Waals surface area (Å²) in [4.78, 5) is 14.2. The summed E-state index contributed by atoms with van der Waals surface area (Å²) in [5.74, 6) is -1.06. The van der Waals surface area contributed by atoms with Crippen molar-refractivity contribution in [3.8, 4) is 11.1 Å². The molecule has 2 fully saturated rings. The average molecular weight is 561 g/mol. The maximum absolute atomic E-state index is 13.2. The highest BCUT2D eigenvalue weighted by molar-refractivity contribution is 7.17. The number of aromatic carboxylic acids is 1. The molecule has 5 rings (SSSR count). The minimum absolute atomic E-state index is 0. The summed E-state index contributed by atoms with van der Waals surface area (Å²) < 4.78 is 46.0. The van der Waals surface area contributed by atoms with E-state index >= 15 is 0 Å². The van der Waals surface area contributed by atoms with Crippen LogP contribution >= 0.6 is 35.3 Å². The highest BCUT2D eigenvalue weighted by atomic mass is 35.5. The zero-order valence-electron chi connectivity index (χ0n) is 19.1. The van der Waals surface area contributed by atoms with Crippen molar-refractivity contribution in [1.29, 1.82) is 0 Å². The topological polar surface area (TPSA) is 61.8 Å². The third kappa shape index (κ3) is 5.45. The number of nitrogens with zero attached hydrogens (tertiary/aromatic N) is 1. The summed E-state index contributed by atoms with van der Waals surface area (Å²) in [6.07, 6.45) is -0.964. The molecule has 0 spiro atoms. The average Bonchev–Trinajstić information content (AvgIpc) is 3.19. The number of fused-ring (bicyclic) bond motifs is 1. The molecule has 0 radical (unpaired) electrons. The number of benzene rings is 2. The predicted molar refractivity (Wildman–Crippen MR) is 139 cm³/mol. The first kappa shape index (κ1) is 27.0. The van der Waals surface area contributed by atoms with Crippen LogP contribution in [0, 0.1) is 0 Å². The van der Waals surface area contributed by atoms with Crippen molar-refractivity contribution in [3.63, 3.8) is 0 Å². The van der Waals surface area contributed by atoms with Crippen LogP contribution in [0.15, 0.2) is 35.7 Å². The number of hydrogen-bond donors (Lipinski definition) is 2. The molecule has 0 unspecified atom stereocenters. The zero-order valence-corrected chi connectivity index (χ0v) is 21.5. The Labute approximate surface area is 221 Å². The van der Waals surface area contributed by atoms with Crippen molar-refractivity contribution in [2.24, 2.45) is 0 Å². The van der Waals surface area contributed by atoms with Crippen LogP contribution in [0.25, 0.3) is 21.2 Å². The van der Waals surface area contributed by atoms with Crippen LogP contribution in [0.4, 0.5) is 18.9 Å². The molecule has 1 saturated carbocycles. The fourth-order valence-electron chi connectivity index (χ4n) is 4.61. The van der Waals surface area contributed by atoms with E-state index in [1.165, 1.54) is 36.7 Å². The van der Waals surface area contributed by atoms with E-state index in [2.05, 4.69) is 5.32 Å². The number of rotatable bonds is 6. The van der Waals surface area contributed by atoms with Gasteiger partial charge in [0.25, 0.3) is 0 Å². The highest BCUT2D eigenvalue weighted by Gasteiger charge is 2.34. The number of carboxylic acids is 1. The van der Waals surface area contributed by atoms with Gasteiger partial charge >= 0.3 is 12.1 Å². The Hall–Kier alpha value is -2.04. The number of ether oxygens (including phenoxy) is 1. The number of carboxylic acid groups (broad SMARTS) is 1. The van der Waals surface area contributed by atoms with E-state index in [1.54, 1.807) is 17.5 Å². The van der Waals surface area contributed by atoms with Gasteiger partial charge in [-0.2, -0.15) is 13.2 Å². The molecule has 2 aromatic carbocycles. The Bertz CT molecular complexity index is 1260. The quantitative estimate of drug-likeness (QED) is 0.351. The summed E-state index contributed by atoms with van der Waals surface area (Å²) in [5.41, 5.74) is 1.14. The maximum Gasteiger partial charge on any atom is 0.417 e. The van der Waals surface area contributed by atoms with Crippen LogP contribution in [0.5, 0.6) is 0 Å². The van der Waals surface area contributed by atoms with Gasteiger partial charge in [0.05, 0.1) is 34.5 Å². The molecule has 0 amide bonds. The lowest BCUT2D eigenvalue weighted by atomic mass is 9.93. The summed E-state index contributed by atoms with van der Waals surface area (Å²) in [5, 5.41) is 15.4. The molecule has 1 aromatic heterocycles. The molecule has 2 aliphatic rings. The molecule has 1 aliphatic carbocycles. The largest absolute Gasteiger partial charge is 0.478 e. The maximum atomic E-state index is 13.2. The molecule has 36 heavy (non-hydrogen) atoms. The fourth-order valence-corrected chi connectivity index (χ4v) is 5.87. The lowest BCUT2D eigenvalue weighted by molar-refractivity contribution is -0.137. The van der Waals surface area contributed by atoms with Crippen LogP contribution in [-0.2, 0) is 10.9 Å². The first-order chi connectivity index (χ1) is 16.7. The van der Waals surface area contributed by atoms with Gasteiger partial charge in [-0.3, -0.25) is 0 Å². The van der Waals surface area contributed by atoms with Crippen molar-refractivity contribution < 1.29 is 27.8 Å². The molecule has 3 aromatic rings. The molecule has 194 valence electrons. The third-order valence-electron chi connectivity index (χ3n) is 6.73. The normalized spacial score (nSPS) is 18.7. The SMILES string of the molecule is Cl.O=C(O)c1cc(-c2csc3cc(C(F)(F)F)c(Cl)cc23)ccc1N1CCO[C@H](CNC2CCC2)C1. The second-order valence-corrected chi connectivity index (χ2v) is 10.3. The van der Waals surface area contributed by atoms with E-state index in [0.29, 0.717) is 52.6 Å². The molecule has 2 heterocycles. The van der Waals surface area contributed by atoms with Crippen LogP contribution in [0.3, 0.4) is 0 Å². The van der Waals surface area contributed by atoms with Crippen molar-refractivity contribution >= 4 is 57.1 Å². The molecule has 5 nitrogen and oxygen atoms in total. The van der Waals surface area contributed by atoms with Crippen molar-refractivity contribution in [2.45, 2.75) is 37.6 Å². The van der Waals surface area contributed by atoms with Crippen molar-refractivity contribution in [1.82, 2.24) is 5.32 Å². The smallest absolute Gasteiger partial charge is 0.417 e. The predicted octanol–water partition coefficient (Wildman–Crippen LogP) is 6.71. The van der Waals surface area contributed by atoms with Gasteiger partial charge in [-0.05, 0) is 48.1 Å². The zero-order chi connectivity index (χ0) is 24.7. The lowest BCUT2D eigenvalue weighted by Gasteiger charge is -2.37. The Kier molecular flexibility index (Phi) is 8.07.